The molecule has 38 heavy (non-hydrogen) atoms. The van der Waals surface area contributed by atoms with E-state index < -0.39 is 11.7 Å². The standard InChI is InChI=1S/C31H27N5O2/c1-31(2,3)38-30(37)34-16-19-8-10-20(11-9-19)29-28-24-15-21(12-13-26(24)33-18-27(28)35-36-29)23-14-22-6-4-5-7-25(22)32-17-23/h4-15,17-18H,16H2,1-3H3,(H,34,37)(H,35,36). The number of benzene rings is 3. The smallest absolute Gasteiger partial charge is 0.407 e. The number of pyridine rings is 2. The van der Waals surface area contributed by atoms with E-state index in [0.717, 1.165) is 60.7 Å². The summed E-state index contributed by atoms with van der Waals surface area (Å²) >= 11 is 0. The number of aromatic nitrogens is 4. The molecule has 0 fully saturated rings. The molecular weight excluding hydrogens is 474 g/mol. The summed E-state index contributed by atoms with van der Waals surface area (Å²) in [5, 5.41) is 13.7. The molecule has 0 unspecified atom stereocenters. The van der Waals surface area contributed by atoms with Crippen molar-refractivity contribution in [1.29, 1.82) is 0 Å². The van der Waals surface area contributed by atoms with Crippen LogP contribution in [0, 0.1) is 0 Å². The highest BCUT2D eigenvalue weighted by atomic mass is 16.6. The normalized spacial score (nSPS) is 11.8. The summed E-state index contributed by atoms with van der Waals surface area (Å²) in [6, 6.07) is 24.6. The third-order valence-electron chi connectivity index (χ3n) is 6.38. The summed E-state index contributed by atoms with van der Waals surface area (Å²) in [7, 11) is 0. The zero-order valence-corrected chi connectivity index (χ0v) is 21.4. The number of nitrogens with zero attached hydrogens (tertiary/aromatic N) is 3. The number of amides is 1. The number of ether oxygens (including phenoxy) is 1. The molecule has 1 amide bonds. The van der Waals surface area contributed by atoms with E-state index >= 15 is 0 Å². The fourth-order valence-electron chi connectivity index (χ4n) is 4.59. The number of alkyl carbamates (subject to hydrolysis) is 1. The molecule has 3 heterocycles. The zero-order chi connectivity index (χ0) is 26.3. The first kappa shape index (κ1) is 23.6. The molecule has 3 aromatic carbocycles. The molecule has 0 atom stereocenters. The Morgan fingerprint density at radius 2 is 1.63 bits per heavy atom. The van der Waals surface area contributed by atoms with Crippen LogP contribution in [0.1, 0.15) is 26.3 Å². The Morgan fingerprint density at radius 1 is 0.868 bits per heavy atom. The third-order valence-corrected chi connectivity index (χ3v) is 6.38. The Balaban J connectivity index is 1.34. The average Bonchev–Trinajstić information content (AvgIpc) is 3.35. The maximum atomic E-state index is 12.0. The second-order valence-electron chi connectivity index (χ2n) is 10.3. The number of carbonyl (C=O) groups is 1. The summed E-state index contributed by atoms with van der Waals surface area (Å²) in [5.41, 5.74) is 7.13. The molecule has 0 aliphatic rings. The minimum Gasteiger partial charge on any atom is -0.444 e. The van der Waals surface area contributed by atoms with Crippen molar-refractivity contribution in [3.8, 4) is 22.4 Å². The van der Waals surface area contributed by atoms with Gasteiger partial charge in [0.05, 0.1) is 22.7 Å². The lowest BCUT2D eigenvalue weighted by Gasteiger charge is -2.19. The van der Waals surface area contributed by atoms with E-state index in [2.05, 4.69) is 49.7 Å². The Hall–Kier alpha value is -4.78. The summed E-state index contributed by atoms with van der Waals surface area (Å²) in [6.45, 7) is 5.91. The molecular formula is C31H27N5O2. The van der Waals surface area contributed by atoms with Crippen molar-refractivity contribution < 1.29 is 9.53 Å². The van der Waals surface area contributed by atoms with Crippen molar-refractivity contribution in [1.82, 2.24) is 25.5 Å². The van der Waals surface area contributed by atoms with Crippen molar-refractivity contribution in [2.45, 2.75) is 32.9 Å². The van der Waals surface area contributed by atoms with Crippen molar-refractivity contribution in [3.05, 3.63) is 90.8 Å². The molecule has 188 valence electrons. The lowest BCUT2D eigenvalue weighted by molar-refractivity contribution is 0.0523. The quantitative estimate of drug-likeness (QED) is 0.271. The molecule has 0 aliphatic heterocycles. The summed E-state index contributed by atoms with van der Waals surface area (Å²) in [4.78, 5) is 21.3. The fraction of sp³-hybridized carbons (Fsp3) is 0.161. The molecule has 0 spiro atoms. The zero-order valence-electron chi connectivity index (χ0n) is 21.4. The summed E-state index contributed by atoms with van der Waals surface area (Å²) < 4.78 is 5.32. The monoisotopic (exact) mass is 501 g/mol. The Kier molecular flexibility index (Phi) is 5.76. The minimum atomic E-state index is -0.530. The topological polar surface area (TPSA) is 92.8 Å². The minimum absolute atomic E-state index is 0.381. The van der Waals surface area contributed by atoms with Gasteiger partial charge in [0.2, 0.25) is 0 Å². The maximum absolute atomic E-state index is 12.0. The predicted octanol–water partition coefficient (Wildman–Crippen LogP) is 7.02. The molecule has 0 saturated heterocycles. The van der Waals surface area contributed by atoms with Gasteiger partial charge in [-0.15, -0.1) is 0 Å². The number of fused-ring (bicyclic) bond motifs is 4. The van der Waals surface area contributed by atoms with Crippen molar-refractivity contribution in [2.24, 2.45) is 0 Å². The van der Waals surface area contributed by atoms with Crippen molar-refractivity contribution >= 4 is 38.8 Å². The van der Waals surface area contributed by atoms with Gasteiger partial charge in [-0.2, -0.15) is 5.10 Å². The van der Waals surface area contributed by atoms with Crippen LogP contribution in [0.25, 0.3) is 55.1 Å². The van der Waals surface area contributed by atoms with E-state index in [1.807, 2.05) is 81.7 Å². The first-order valence-electron chi connectivity index (χ1n) is 12.5. The number of aromatic amines is 1. The van der Waals surface area contributed by atoms with Crippen LogP contribution >= 0.6 is 0 Å². The lowest BCUT2D eigenvalue weighted by atomic mass is 9.99. The average molecular weight is 502 g/mol. The largest absolute Gasteiger partial charge is 0.444 e. The van der Waals surface area contributed by atoms with Crippen LogP contribution in [-0.4, -0.2) is 31.9 Å². The van der Waals surface area contributed by atoms with Gasteiger partial charge in [0.15, 0.2) is 0 Å². The number of nitrogens with one attached hydrogen (secondary N) is 2. The number of hydrogen-bond acceptors (Lipinski definition) is 5. The van der Waals surface area contributed by atoms with Gasteiger partial charge in [0, 0.05) is 40.0 Å². The molecule has 3 aromatic heterocycles. The Bertz CT molecular complexity index is 1800. The van der Waals surface area contributed by atoms with Crippen LogP contribution in [0.2, 0.25) is 0 Å². The fourth-order valence-corrected chi connectivity index (χ4v) is 4.59. The molecule has 7 nitrogen and oxygen atoms in total. The van der Waals surface area contributed by atoms with Crippen molar-refractivity contribution in [2.75, 3.05) is 0 Å². The molecule has 2 N–H and O–H groups in total. The van der Waals surface area contributed by atoms with Crippen LogP contribution in [0.5, 0.6) is 0 Å². The first-order chi connectivity index (χ1) is 18.3. The van der Waals surface area contributed by atoms with E-state index in [4.69, 9.17) is 4.74 Å². The molecule has 6 aromatic rings. The first-order valence-corrected chi connectivity index (χ1v) is 12.5. The van der Waals surface area contributed by atoms with Crippen molar-refractivity contribution in [3.63, 3.8) is 0 Å². The molecule has 7 heteroatoms. The predicted molar refractivity (Wildman–Crippen MR) is 151 cm³/mol. The Morgan fingerprint density at radius 3 is 2.45 bits per heavy atom. The maximum Gasteiger partial charge on any atom is 0.407 e. The van der Waals surface area contributed by atoms with E-state index in [-0.39, 0.29) is 0 Å². The molecule has 6 rings (SSSR count). The molecule has 0 saturated carbocycles. The second-order valence-corrected chi connectivity index (χ2v) is 10.3. The second kappa shape index (κ2) is 9.27. The molecule has 0 radical (unpaired) electrons. The summed E-state index contributed by atoms with van der Waals surface area (Å²) in [6.07, 6.45) is 3.30. The molecule has 0 aliphatic carbocycles. The van der Waals surface area contributed by atoms with E-state index in [0.29, 0.717) is 6.54 Å². The number of H-pyrrole nitrogens is 1. The van der Waals surface area contributed by atoms with Crippen LogP contribution in [0.3, 0.4) is 0 Å². The van der Waals surface area contributed by atoms with Gasteiger partial charge in [0.1, 0.15) is 11.3 Å². The van der Waals surface area contributed by atoms with Gasteiger partial charge < -0.3 is 10.1 Å². The van der Waals surface area contributed by atoms with E-state index in [1.54, 1.807) is 0 Å². The highest BCUT2D eigenvalue weighted by Gasteiger charge is 2.16. The van der Waals surface area contributed by atoms with Gasteiger partial charge in [-0.3, -0.25) is 15.1 Å². The highest BCUT2D eigenvalue weighted by Crippen LogP contribution is 2.34. The van der Waals surface area contributed by atoms with Crippen LogP contribution in [-0.2, 0) is 11.3 Å². The number of hydrogen-bond donors (Lipinski definition) is 2. The van der Waals surface area contributed by atoms with Gasteiger partial charge >= 0.3 is 6.09 Å². The van der Waals surface area contributed by atoms with E-state index in [9.17, 15) is 4.79 Å². The SMILES string of the molecule is CC(C)(C)OC(=O)NCc1ccc(-c2n[nH]c3cnc4ccc(-c5cnc6ccccc6c5)cc4c23)cc1. The number of carbonyl (C=O) groups excluding carboxylic acids is 1. The molecule has 0 bridgehead atoms. The van der Waals surface area contributed by atoms with Gasteiger partial charge in [-0.05, 0) is 56.2 Å². The highest BCUT2D eigenvalue weighted by molar-refractivity contribution is 6.11. The Labute approximate surface area is 219 Å². The van der Waals surface area contributed by atoms with Gasteiger partial charge in [-0.25, -0.2) is 4.79 Å². The summed E-state index contributed by atoms with van der Waals surface area (Å²) in [5.74, 6) is 0. The van der Waals surface area contributed by atoms with E-state index in [1.165, 1.54) is 0 Å². The van der Waals surface area contributed by atoms with Crippen LogP contribution in [0.15, 0.2) is 85.2 Å². The van der Waals surface area contributed by atoms with Gasteiger partial charge in [0.25, 0.3) is 0 Å². The number of para-hydroxylation sites is 1. The number of rotatable bonds is 4. The van der Waals surface area contributed by atoms with Crippen LogP contribution < -0.4 is 5.32 Å². The van der Waals surface area contributed by atoms with Crippen LogP contribution in [0.4, 0.5) is 4.79 Å². The van der Waals surface area contributed by atoms with Gasteiger partial charge in [-0.1, -0.05) is 48.5 Å². The lowest BCUT2D eigenvalue weighted by Crippen LogP contribution is -2.32. The third kappa shape index (κ3) is 4.66.